The number of fused-ring (bicyclic) bond motifs is 2. The molecule has 0 amide bonds. The second-order valence-electron chi connectivity index (χ2n) is 5.73. The Morgan fingerprint density at radius 1 is 1.12 bits per heavy atom. The number of rotatable bonds is 4. The van der Waals surface area contributed by atoms with Crippen molar-refractivity contribution in [1.29, 1.82) is 0 Å². The van der Waals surface area contributed by atoms with Crippen LogP contribution in [0.2, 0.25) is 0 Å². The Kier molecular flexibility index (Phi) is 3.69. The summed E-state index contributed by atoms with van der Waals surface area (Å²) in [6.45, 7) is 0.777. The van der Waals surface area contributed by atoms with Gasteiger partial charge in [-0.05, 0) is 35.9 Å². The zero-order valence-corrected chi connectivity index (χ0v) is 14.2. The molecule has 0 spiro atoms. The molecule has 1 aliphatic heterocycles. The monoisotopic (exact) mass is 357 g/mol. The molecule has 3 aromatic rings. The Hall–Kier alpha value is -2.87. The summed E-state index contributed by atoms with van der Waals surface area (Å²) in [5.41, 5.74) is 1.69. The second-order valence-corrected chi connectivity index (χ2v) is 7.74. The summed E-state index contributed by atoms with van der Waals surface area (Å²) in [6.07, 6.45) is 2.79. The predicted octanol–water partition coefficient (Wildman–Crippen LogP) is 2.37. The molecular weight excluding hydrogens is 342 g/mol. The Balaban J connectivity index is 1.54. The van der Waals surface area contributed by atoms with Gasteiger partial charge in [0.25, 0.3) is 0 Å². The first-order valence-corrected chi connectivity index (χ1v) is 9.47. The number of benzene rings is 2. The summed E-state index contributed by atoms with van der Waals surface area (Å²) < 4.78 is 33.9. The first-order chi connectivity index (χ1) is 12.0. The highest BCUT2D eigenvalue weighted by Gasteiger charge is 2.13. The standard InChI is InChI=1S/C17H15N3O4S/c1-25(21,22)13-3-4-14-12(7-13)9-19-17(20-14)18-8-11-2-5-15-16(6-11)24-10-23-15/h2-7,9H,8,10H2,1H3,(H,18,19,20). The van der Waals surface area contributed by atoms with Crippen molar-refractivity contribution < 1.29 is 17.9 Å². The number of anilines is 1. The molecule has 0 aliphatic carbocycles. The third kappa shape index (κ3) is 3.20. The van der Waals surface area contributed by atoms with E-state index in [4.69, 9.17) is 9.47 Å². The van der Waals surface area contributed by atoms with E-state index in [0.29, 0.717) is 23.4 Å². The van der Waals surface area contributed by atoms with Gasteiger partial charge in [-0.2, -0.15) is 0 Å². The van der Waals surface area contributed by atoms with Crippen LogP contribution in [0.3, 0.4) is 0 Å². The van der Waals surface area contributed by atoms with Gasteiger partial charge in [-0.25, -0.2) is 18.4 Å². The Labute approximate surface area is 144 Å². The van der Waals surface area contributed by atoms with Crippen molar-refractivity contribution in [2.24, 2.45) is 0 Å². The molecule has 0 unspecified atom stereocenters. The van der Waals surface area contributed by atoms with Crippen LogP contribution >= 0.6 is 0 Å². The van der Waals surface area contributed by atoms with Crippen molar-refractivity contribution in [1.82, 2.24) is 9.97 Å². The molecule has 0 radical (unpaired) electrons. The van der Waals surface area contributed by atoms with E-state index in [1.165, 1.54) is 6.26 Å². The van der Waals surface area contributed by atoms with Gasteiger partial charge in [-0.3, -0.25) is 0 Å². The van der Waals surface area contributed by atoms with Crippen LogP contribution in [0.4, 0.5) is 5.95 Å². The lowest BCUT2D eigenvalue weighted by atomic mass is 10.2. The molecule has 7 nitrogen and oxygen atoms in total. The van der Waals surface area contributed by atoms with Crippen LogP contribution in [0.15, 0.2) is 47.5 Å². The van der Waals surface area contributed by atoms with Crippen LogP contribution < -0.4 is 14.8 Å². The summed E-state index contributed by atoms with van der Waals surface area (Å²) in [5.74, 6) is 1.94. The van der Waals surface area contributed by atoms with Crippen molar-refractivity contribution in [3.63, 3.8) is 0 Å². The van der Waals surface area contributed by atoms with Crippen molar-refractivity contribution >= 4 is 26.7 Å². The van der Waals surface area contributed by atoms with Crippen molar-refractivity contribution in [3.8, 4) is 11.5 Å². The first-order valence-electron chi connectivity index (χ1n) is 7.58. The number of hydrogen-bond donors (Lipinski definition) is 1. The van der Waals surface area contributed by atoms with E-state index in [-0.39, 0.29) is 11.7 Å². The number of nitrogens with zero attached hydrogens (tertiary/aromatic N) is 2. The molecule has 0 fully saturated rings. The van der Waals surface area contributed by atoms with E-state index in [9.17, 15) is 8.42 Å². The maximum Gasteiger partial charge on any atom is 0.231 e. The average molecular weight is 357 g/mol. The number of sulfone groups is 1. The molecule has 2 aromatic carbocycles. The van der Waals surface area contributed by atoms with Crippen LogP contribution in [0, 0.1) is 0 Å². The normalized spacial score (nSPS) is 13.2. The zero-order chi connectivity index (χ0) is 17.4. The summed E-state index contributed by atoms with van der Waals surface area (Å²) >= 11 is 0. The molecule has 0 bridgehead atoms. The quantitative estimate of drug-likeness (QED) is 0.766. The van der Waals surface area contributed by atoms with Gasteiger partial charge in [-0.15, -0.1) is 0 Å². The minimum atomic E-state index is -3.25. The maximum atomic E-state index is 11.6. The highest BCUT2D eigenvalue weighted by Crippen LogP contribution is 2.32. The minimum absolute atomic E-state index is 0.246. The highest BCUT2D eigenvalue weighted by atomic mass is 32.2. The molecule has 4 rings (SSSR count). The summed E-state index contributed by atoms with van der Waals surface area (Å²) in [4.78, 5) is 8.91. The minimum Gasteiger partial charge on any atom is -0.454 e. The fraction of sp³-hybridized carbons (Fsp3) is 0.176. The molecule has 1 N–H and O–H groups in total. The second kappa shape index (κ2) is 5.89. The van der Waals surface area contributed by atoms with Crippen molar-refractivity contribution in [2.75, 3.05) is 18.4 Å². The van der Waals surface area contributed by atoms with Crippen molar-refractivity contribution in [3.05, 3.63) is 48.2 Å². The molecule has 0 saturated heterocycles. The van der Waals surface area contributed by atoms with Gasteiger partial charge < -0.3 is 14.8 Å². The van der Waals surface area contributed by atoms with E-state index in [0.717, 1.165) is 17.1 Å². The van der Waals surface area contributed by atoms with Gasteiger partial charge in [0.2, 0.25) is 12.7 Å². The lowest BCUT2D eigenvalue weighted by Gasteiger charge is -2.07. The molecule has 1 aromatic heterocycles. The van der Waals surface area contributed by atoms with Crippen LogP contribution in [0.25, 0.3) is 10.9 Å². The number of aromatic nitrogens is 2. The molecular formula is C17H15N3O4S. The maximum absolute atomic E-state index is 11.6. The third-order valence-corrected chi connectivity index (χ3v) is 4.98. The Morgan fingerprint density at radius 3 is 2.80 bits per heavy atom. The smallest absolute Gasteiger partial charge is 0.231 e. The van der Waals surface area contributed by atoms with Crippen LogP contribution in [0.5, 0.6) is 11.5 Å². The molecule has 2 heterocycles. The average Bonchev–Trinajstić information content (AvgIpc) is 3.06. The topological polar surface area (TPSA) is 90.4 Å². The van der Waals surface area contributed by atoms with Crippen LogP contribution in [-0.2, 0) is 16.4 Å². The fourth-order valence-electron chi connectivity index (χ4n) is 2.56. The van der Waals surface area contributed by atoms with E-state index >= 15 is 0 Å². The lowest BCUT2D eigenvalue weighted by Crippen LogP contribution is -2.04. The Bertz CT molecular complexity index is 1070. The van der Waals surface area contributed by atoms with Gasteiger partial charge in [0, 0.05) is 24.4 Å². The fourth-order valence-corrected chi connectivity index (χ4v) is 3.22. The lowest BCUT2D eigenvalue weighted by molar-refractivity contribution is 0.174. The zero-order valence-electron chi connectivity index (χ0n) is 13.4. The SMILES string of the molecule is CS(=O)(=O)c1ccc2nc(NCc3ccc4c(c3)OCO4)ncc2c1. The third-order valence-electron chi connectivity index (χ3n) is 3.87. The highest BCUT2D eigenvalue weighted by molar-refractivity contribution is 7.90. The van der Waals surface area contributed by atoms with Gasteiger partial charge in [0.05, 0.1) is 10.4 Å². The Morgan fingerprint density at radius 2 is 1.96 bits per heavy atom. The van der Waals surface area contributed by atoms with Gasteiger partial charge in [0.1, 0.15) is 0 Å². The van der Waals surface area contributed by atoms with Crippen LogP contribution in [0.1, 0.15) is 5.56 Å². The van der Waals surface area contributed by atoms with E-state index < -0.39 is 9.84 Å². The van der Waals surface area contributed by atoms with Gasteiger partial charge in [-0.1, -0.05) is 6.07 Å². The predicted molar refractivity (Wildman–Crippen MR) is 92.5 cm³/mol. The molecule has 0 atom stereocenters. The van der Waals surface area contributed by atoms with E-state index in [2.05, 4.69) is 15.3 Å². The van der Waals surface area contributed by atoms with E-state index in [1.54, 1.807) is 24.4 Å². The molecule has 25 heavy (non-hydrogen) atoms. The molecule has 8 heteroatoms. The summed E-state index contributed by atoms with van der Waals surface area (Å²) in [6, 6.07) is 10.5. The molecule has 0 saturated carbocycles. The van der Waals surface area contributed by atoms with Gasteiger partial charge >= 0.3 is 0 Å². The molecule has 128 valence electrons. The number of ether oxygens (including phenoxy) is 2. The first kappa shape index (κ1) is 15.6. The summed E-state index contributed by atoms with van der Waals surface area (Å²) in [7, 11) is -3.25. The summed E-state index contributed by atoms with van der Waals surface area (Å²) in [5, 5.41) is 3.83. The van der Waals surface area contributed by atoms with Crippen molar-refractivity contribution in [2.45, 2.75) is 11.4 Å². The van der Waals surface area contributed by atoms with Crippen LogP contribution in [-0.4, -0.2) is 31.4 Å². The number of hydrogen-bond acceptors (Lipinski definition) is 7. The largest absolute Gasteiger partial charge is 0.454 e. The number of nitrogens with one attached hydrogen (secondary N) is 1. The van der Waals surface area contributed by atoms with E-state index in [1.807, 2.05) is 18.2 Å². The molecule has 1 aliphatic rings. The van der Waals surface area contributed by atoms with Gasteiger partial charge in [0.15, 0.2) is 21.3 Å².